The van der Waals surface area contributed by atoms with Gasteiger partial charge >= 0.3 is 13.4 Å². The Bertz CT molecular complexity index is 890. The highest BCUT2D eigenvalue weighted by Crippen LogP contribution is 2.23. The van der Waals surface area contributed by atoms with Crippen molar-refractivity contribution < 1.29 is 24.3 Å². The minimum Gasteiger partial charge on any atom is -0.402 e. The first-order valence-electron chi connectivity index (χ1n) is 11.0. The van der Waals surface area contributed by atoms with E-state index in [-0.39, 0.29) is 35.9 Å². The van der Waals surface area contributed by atoms with Crippen LogP contribution in [0, 0.1) is 23.7 Å². The number of amides is 3. The number of nitrogens with one attached hydrogen (secondary N) is 2. The molecule has 178 valence electrons. The zero-order valence-electron chi connectivity index (χ0n) is 19.7. The second-order valence-electron chi connectivity index (χ2n) is 9.33. The Morgan fingerprint density at radius 1 is 1.33 bits per heavy atom. The summed E-state index contributed by atoms with van der Waals surface area (Å²) in [7, 11) is -2.04. The van der Waals surface area contributed by atoms with Crippen LogP contribution in [0.5, 0.6) is 0 Å². The van der Waals surface area contributed by atoms with Crippen LogP contribution in [-0.2, 0) is 15.9 Å². The Morgan fingerprint density at radius 3 is 2.58 bits per heavy atom. The van der Waals surface area contributed by atoms with Gasteiger partial charge in [-0.05, 0) is 30.7 Å². The van der Waals surface area contributed by atoms with E-state index in [1.54, 1.807) is 11.0 Å². The van der Waals surface area contributed by atoms with Crippen molar-refractivity contribution in [3.05, 3.63) is 47.0 Å². The van der Waals surface area contributed by atoms with Gasteiger partial charge in [0, 0.05) is 25.6 Å². The van der Waals surface area contributed by atoms with E-state index in [4.69, 9.17) is 4.65 Å². The number of carbonyl (C=O) groups excluding carboxylic acids is 2. The van der Waals surface area contributed by atoms with Gasteiger partial charge in [-0.3, -0.25) is 4.79 Å². The Morgan fingerprint density at radius 2 is 2.00 bits per heavy atom. The number of carbonyl (C=O) groups is 2. The SMILES string of the molecule is Cc1ccc(C[C@H](NC(=O)NC[C@@H]2CCCN2C(=O)C(C#N)=CC(C)(C)C)OB(O)O)cc1. The first-order chi connectivity index (χ1) is 15.5. The third-order valence-corrected chi connectivity index (χ3v) is 5.18. The van der Waals surface area contributed by atoms with Gasteiger partial charge in [-0.1, -0.05) is 56.7 Å². The molecule has 33 heavy (non-hydrogen) atoms. The lowest BCUT2D eigenvalue weighted by Gasteiger charge is -2.26. The van der Waals surface area contributed by atoms with Crippen molar-refractivity contribution in [2.75, 3.05) is 13.1 Å². The number of nitriles is 1. The van der Waals surface area contributed by atoms with Crippen molar-refractivity contribution in [1.29, 1.82) is 5.26 Å². The van der Waals surface area contributed by atoms with E-state index in [0.29, 0.717) is 13.0 Å². The van der Waals surface area contributed by atoms with Gasteiger partial charge in [-0.15, -0.1) is 0 Å². The predicted octanol–water partition coefficient (Wildman–Crippen LogP) is 1.64. The summed E-state index contributed by atoms with van der Waals surface area (Å²) in [6, 6.07) is 8.77. The van der Waals surface area contributed by atoms with Crippen molar-refractivity contribution in [2.45, 2.75) is 59.2 Å². The largest absolute Gasteiger partial charge is 0.635 e. The molecule has 0 aliphatic carbocycles. The maximum absolute atomic E-state index is 12.9. The number of hydrogen-bond acceptors (Lipinski definition) is 6. The van der Waals surface area contributed by atoms with Gasteiger partial charge in [0.05, 0.1) is 0 Å². The maximum Gasteiger partial charge on any atom is 0.635 e. The van der Waals surface area contributed by atoms with Crippen molar-refractivity contribution in [3.63, 3.8) is 0 Å². The molecule has 4 N–H and O–H groups in total. The van der Waals surface area contributed by atoms with Gasteiger partial charge in [-0.25, -0.2) is 4.79 Å². The third-order valence-electron chi connectivity index (χ3n) is 5.18. The topological polar surface area (TPSA) is 135 Å². The summed E-state index contributed by atoms with van der Waals surface area (Å²) < 4.78 is 5.01. The quantitative estimate of drug-likeness (QED) is 0.203. The molecule has 2 rings (SSSR count). The number of allylic oxidation sites excluding steroid dienone is 1. The van der Waals surface area contributed by atoms with Crippen LogP contribution in [0.4, 0.5) is 4.79 Å². The predicted molar refractivity (Wildman–Crippen MR) is 124 cm³/mol. The molecule has 0 unspecified atom stereocenters. The molecule has 1 aliphatic heterocycles. The van der Waals surface area contributed by atoms with Gasteiger partial charge < -0.3 is 30.2 Å². The van der Waals surface area contributed by atoms with Crippen LogP contribution in [0.3, 0.4) is 0 Å². The molecule has 0 bridgehead atoms. The molecule has 0 spiro atoms. The number of urea groups is 1. The highest BCUT2D eigenvalue weighted by molar-refractivity contribution is 6.32. The van der Waals surface area contributed by atoms with Gasteiger partial charge in [0.25, 0.3) is 5.91 Å². The molecule has 2 atom stereocenters. The van der Waals surface area contributed by atoms with Gasteiger partial charge in [-0.2, -0.15) is 5.26 Å². The minimum absolute atomic E-state index is 0.0994. The maximum atomic E-state index is 12.9. The average molecular weight is 456 g/mol. The standard InChI is InChI=1S/C23H33BN4O5/c1-16-7-9-17(10-8-16)12-20(33-24(31)32)27-22(30)26-15-19-6-5-11-28(19)21(29)18(14-25)13-23(2,3)4/h7-10,13,19-20,31-32H,5-6,11-12,15H2,1-4H3,(H2,26,27,30)/t19-,20+/m0/s1. The normalized spacial score (nSPS) is 17.3. The summed E-state index contributed by atoms with van der Waals surface area (Å²) in [5.74, 6) is -0.332. The van der Waals surface area contributed by atoms with Crippen LogP contribution in [0.25, 0.3) is 0 Å². The van der Waals surface area contributed by atoms with Gasteiger partial charge in [0.2, 0.25) is 0 Å². The Hall–Kier alpha value is -2.87. The summed E-state index contributed by atoms with van der Waals surface area (Å²) in [4.78, 5) is 26.9. The number of benzene rings is 1. The monoisotopic (exact) mass is 456 g/mol. The zero-order chi connectivity index (χ0) is 24.6. The van der Waals surface area contributed by atoms with Crippen molar-refractivity contribution in [1.82, 2.24) is 15.5 Å². The molecule has 1 fully saturated rings. The lowest BCUT2D eigenvalue weighted by atomic mass is 9.93. The Balaban J connectivity index is 1.96. The minimum atomic E-state index is -2.04. The number of rotatable bonds is 8. The van der Waals surface area contributed by atoms with E-state index in [0.717, 1.165) is 17.5 Å². The summed E-state index contributed by atoms with van der Waals surface area (Å²) in [6.07, 6.45) is 2.43. The fourth-order valence-corrected chi connectivity index (χ4v) is 3.67. The smallest absolute Gasteiger partial charge is 0.402 e. The summed E-state index contributed by atoms with van der Waals surface area (Å²) in [6.45, 7) is 8.43. The Kier molecular flexibility index (Phi) is 9.47. The molecule has 0 saturated carbocycles. The Labute approximate surface area is 195 Å². The van der Waals surface area contributed by atoms with Gasteiger partial charge in [0.1, 0.15) is 17.9 Å². The second-order valence-corrected chi connectivity index (χ2v) is 9.33. The summed E-state index contributed by atoms with van der Waals surface area (Å²) in [5.41, 5.74) is 1.73. The molecule has 1 aliphatic rings. The fourth-order valence-electron chi connectivity index (χ4n) is 3.67. The van der Waals surface area contributed by atoms with E-state index in [1.165, 1.54) is 0 Å². The molecule has 1 aromatic carbocycles. The van der Waals surface area contributed by atoms with Gasteiger partial charge in [0.15, 0.2) is 0 Å². The molecule has 1 saturated heterocycles. The lowest BCUT2D eigenvalue weighted by Crippen LogP contribution is -2.50. The van der Waals surface area contributed by atoms with Crippen LogP contribution in [0.2, 0.25) is 0 Å². The third kappa shape index (κ3) is 8.89. The number of hydrogen-bond donors (Lipinski definition) is 4. The molecule has 1 aromatic rings. The number of nitrogens with zero attached hydrogens (tertiary/aromatic N) is 2. The molecule has 1 heterocycles. The van der Waals surface area contributed by atoms with Crippen molar-refractivity contribution in [2.24, 2.45) is 5.41 Å². The summed E-state index contributed by atoms with van der Waals surface area (Å²) in [5, 5.41) is 33.1. The van der Waals surface area contributed by atoms with Crippen molar-refractivity contribution in [3.8, 4) is 6.07 Å². The average Bonchev–Trinajstić information content (AvgIpc) is 3.19. The fraction of sp³-hybridized carbons (Fsp3) is 0.522. The van der Waals surface area contributed by atoms with E-state index >= 15 is 0 Å². The highest BCUT2D eigenvalue weighted by Gasteiger charge is 2.31. The second kappa shape index (κ2) is 11.8. The molecule has 3 amide bonds. The van der Waals surface area contributed by atoms with Crippen LogP contribution < -0.4 is 10.6 Å². The van der Waals surface area contributed by atoms with Crippen LogP contribution in [0.15, 0.2) is 35.9 Å². The highest BCUT2D eigenvalue weighted by atomic mass is 16.6. The lowest BCUT2D eigenvalue weighted by molar-refractivity contribution is -0.127. The number of likely N-dealkylation sites (tertiary alicyclic amines) is 1. The van der Waals surface area contributed by atoms with E-state index in [9.17, 15) is 24.9 Å². The van der Waals surface area contributed by atoms with Crippen molar-refractivity contribution >= 4 is 19.3 Å². The van der Waals surface area contributed by atoms with Crippen LogP contribution in [-0.4, -0.2) is 59.6 Å². The van der Waals surface area contributed by atoms with Crippen LogP contribution in [0.1, 0.15) is 44.7 Å². The van der Waals surface area contributed by atoms with Crippen LogP contribution >= 0.6 is 0 Å². The first-order valence-corrected chi connectivity index (χ1v) is 11.0. The van der Waals surface area contributed by atoms with E-state index in [2.05, 4.69) is 10.6 Å². The number of aryl methyl sites for hydroxylation is 1. The molecule has 0 aromatic heterocycles. The molecular formula is C23H33BN4O5. The first kappa shape index (κ1) is 26.4. The molecule has 9 nitrogen and oxygen atoms in total. The van der Waals surface area contributed by atoms with E-state index in [1.807, 2.05) is 58.0 Å². The molecule has 10 heteroatoms. The molecular weight excluding hydrogens is 423 g/mol. The summed E-state index contributed by atoms with van der Waals surface area (Å²) >= 11 is 0. The molecule has 0 radical (unpaired) electrons. The zero-order valence-corrected chi connectivity index (χ0v) is 19.7. The van der Waals surface area contributed by atoms with E-state index < -0.39 is 19.6 Å².